The van der Waals surface area contributed by atoms with Gasteiger partial charge < -0.3 is 10.5 Å². The zero-order valence-corrected chi connectivity index (χ0v) is 13.1. The minimum absolute atomic E-state index is 0.199. The van der Waals surface area contributed by atoms with Gasteiger partial charge in [0.2, 0.25) is 0 Å². The van der Waals surface area contributed by atoms with Gasteiger partial charge in [-0.05, 0) is 37.2 Å². The molecule has 2 unspecified atom stereocenters. The van der Waals surface area contributed by atoms with E-state index in [0.29, 0.717) is 19.2 Å². The predicted octanol–water partition coefficient (Wildman–Crippen LogP) is 2.59. The van der Waals surface area contributed by atoms with Gasteiger partial charge >= 0.3 is 0 Å². The number of fused-ring (bicyclic) bond motifs is 1. The molecule has 0 spiro atoms. The van der Waals surface area contributed by atoms with Crippen molar-refractivity contribution in [2.24, 2.45) is 5.73 Å². The van der Waals surface area contributed by atoms with Gasteiger partial charge in [0, 0.05) is 37.3 Å². The quantitative estimate of drug-likeness (QED) is 0.850. The third-order valence-electron chi connectivity index (χ3n) is 3.97. The summed E-state index contributed by atoms with van der Waals surface area (Å²) in [6, 6.07) is 11.0. The Balaban J connectivity index is 2.32. The summed E-state index contributed by atoms with van der Waals surface area (Å²) in [4.78, 5) is 6.76. The number of nitrogens with zero attached hydrogens (tertiary/aromatic N) is 2. The Kier molecular flexibility index (Phi) is 5.67. The first-order chi connectivity index (χ1) is 10.2. The van der Waals surface area contributed by atoms with E-state index in [1.54, 1.807) is 7.11 Å². The van der Waals surface area contributed by atoms with E-state index in [1.807, 2.05) is 12.3 Å². The standard InChI is InChI=1S/C17H25N3O/c1-4-20(13(2)12-21-3)17(11-18)15-7-8-16-14(10-15)6-5-9-19-16/h5-10,13,17H,4,11-12,18H2,1-3H3. The molecule has 0 saturated heterocycles. The summed E-state index contributed by atoms with van der Waals surface area (Å²) in [5, 5.41) is 1.16. The van der Waals surface area contributed by atoms with Crippen LogP contribution in [-0.2, 0) is 4.74 Å². The highest BCUT2D eigenvalue weighted by Crippen LogP contribution is 2.25. The van der Waals surface area contributed by atoms with E-state index in [1.165, 1.54) is 5.56 Å². The van der Waals surface area contributed by atoms with Gasteiger partial charge in [0.05, 0.1) is 12.1 Å². The first kappa shape index (κ1) is 15.9. The van der Waals surface area contributed by atoms with Crippen LogP contribution in [0.2, 0.25) is 0 Å². The molecule has 1 aromatic heterocycles. The van der Waals surface area contributed by atoms with Crippen molar-refractivity contribution >= 4 is 10.9 Å². The van der Waals surface area contributed by atoms with Crippen molar-refractivity contribution in [1.29, 1.82) is 0 Å². The second kappa shape index (κ2) is 7.50. The number of rotatable bonds is 7. The Morgan fingerprint density at radius 3 is 2.81 bits per heavy atom. The largest absolute Gasteiger partial charge is 0.383 e. The minimum Gasteiger partial charge on any atom is -0.383 e. The van der Waals surface area contributed by atoms with Gasteiger partial charge in [0.25, 0.3) is 0 Å². The molecule has 2 N–H and O–H groups in total. The molecule has 2 aromatic rings. The number of pyridine rings is 1. The van der Waals surface area contributed by atoms with Gasteiger partial charge in [-0.25, -0.2) is 0 Å². The van der Waals surface area contributed by atoms with Gasteiger partial charge in [-0.2, -0.15) is 0 Å². The van der Waals surface area contributed by atoms with Crippen LogP contribution in [-0.4, -0.2) is 42.7 Å². The van der Waals surface area contributed by atoms with Crippen molar-refractivity contribution in [3.63, 3.8) is 0 Å². The molecule has 4 nitrogen and oxygen atoms in total. The van der Waals surface area contributed by atoms with Gasteiger partial charge in [-0.3, -0.25) is 9.88 Å². The van der Waals surface area contributed by atoms with Gasteiger partial charge in [-0.1, -0.05) is 19.1 Å². The Hall–Kier alpha value is -1.49. The van der Waals surface area contributed by atoms with Crippen molar-refractivity contribution in [2.75, 3.05) is 26.8 Å². The average molecular weight is 287 g/mol. The molecule has 0 saturated carbocycles. The van der Waals surface area contributed by atoms with E-state index in [4.69, 9.17) is 10.5 Å². The highest BCUT2D eigenvalue weighted by atomic mass is 16.5. The average Bonchev–Trinajstić information content (AvgIpc) is 2.52. The SMILES string of the molecule is CCN(C(C)COC)C(CN)c1ccc2ncccc2c1. The summed E-state index contributed by atoms with van der Waals surface area (Å²) in [5.74, 6) is 0. The Labute approximate surface area is 126 Å². The normalized spacial score (nSPS) is 14.5. The van der Waals surface area contributed by atoms with Crippen LogP contribution in [0.3, 0.4) is 0 Å². The van der Waals surface area contributed by atoms with E-state index in [9.17, 15) is 0 Å². The van der Waals surface area contributed by atoms with E-state index < -0.39 is 0 Å². The van der Waals surface area contributed by atoms with Crippen LogP contribution in [0, 0.1) is 0 Å². The number of aromatic nitrogens is 1. The van der Waals surface area contributed by atoms with Crippen LogP contribution in [0.1, 0.15) is 25.5 Å². The number of hydrogen-bond acceptors (Lipinski definition) is 4. The summed E-state index contributed by atoms with van der Waals surface area (Å²) in [6.45, 7) is 6.58. The Morgan fingerprint density at radius 2 is 2.14 bits per heavy atom. The maximum Gasteiger partial charge on any atom is 0.0702 e. The molecule has 114 valence electrons. The summed E-state index contributed by atoms with van der Waals surface area (Å²) in [6.07, 6.45) is 1.82. The molecule has 0 fully saturated rings. The van der Waals surface area contributed by atoms with Gasteiger partial charge in [0.15, 0.2) is 0 Å². The fraction of sp³-hybridized carbons (Fsp3) is 0.471. The fourth-order valence-electron chi connectivity index (χ4n) is 2.94. The number of nitrogens with two attached hydrogens (primary N) is 1. The molecule has 0 aliphatic carbocycles. The fourth-order valence-corrected chi connectivity index (χ4v) is 2.94. The van der Waals surface area contributed by atoms with Gasteiger partial charge in [-0.15, -0.1) is 0 Å². The zero-order valence-electron chi connectivity index (χ0n) is 13.1. The summed E-state index contributed by atoms with van der Waals surface area (Å²) in [7, 11) is 1.74. The van der Waals surface area contributed by atoms with Crippen molar-refractivity contribution in [3.05, 3.63) is 42.1 Å². The number of methoxy groups -OCH3 is 1. The third kappa shape index (κ3) is 3.59. The molecule has 0 amide bonds. The molecular weight excluding hydrogens is 262 g/mol. The lowest BCUT2D eigenvalue weighted by Crippen LogP contribution is -2.42. The molecule has 1 aromatic carbocycles. The highest BCUT2D eigenvalue weighted by Gasteiger charge is 2.22. The van der Waals surface area contributed by atoms with Crippen LogP contribution >= 0.6 is 0 Å². The van der Waals surface area contributed by atoms with Crippen LogP contribution in [0.15, 0.2) is 36.5 Å². The molecule has 0 aliphatic rings. The predicted molar refractivity (Wildman–Crippen MR) is 87.3 cm³/mol. The van der Waals surface area contributed by atoms with Crippen molar-refractivity contribution < 1.29 is 4.74 Å². The lowest BCUT2D eigenvalue weighted by atomic mass is 10.0. The minimum atomic E-state index is 0.199. The third-order valence-corrected chi connectivity index (χ3v) is 3.97. The van der Waals surface area contributed by atoms with E-state index >= 15 is 0 Å². The smallest absolute Gasteiger partial charge is 0.0702 e. The molecule has 0 aliphatic heterocycles. The van der Waals surface area contributed by atoms with Crippen molar-refractivity contribution in [1.82, 2.24) is 9.88 Å². The molecule has 0 radical (unpaired) electrons. The lowest BCUT2D eigenvalue weighted by molar-refractivity contribution is 0.0752. The Bertz CT molecular complexity index is 573. The molecule has 0 bridgehead atoms. The highest BCUT2D eigenvalue weighted by molar-refractivity contribution is 5.79. The molecule has 21 heavy (non-hydrogen) atoms. The maximum atomic E-state index is 6.06. The van der Waals surface area contributed by atoms with Crippen LogP contribution in [0.4, 0.5) is 0 Å². The van der Waals surface area contributed by atoms with Crippen molar-refractivity contribution in [3.8, 4) is 0 Å². The van der Waals surface area contributed by atoms with Crippen molar-refractivity contribution in [2.45, 2.75) is 25.9 Å². The molecule has 2 rings (SSSR count). The molecule has 2 atom stereocenters. The van der Waals surface area contributed by atoms with E-state index in [0.717, 1.165) is 17.4 Å². The lowest BCUT2D eigenvalue weighted by Gasteiger charge is -2.35. The zero-order chi connectivity index (χ0) is 15.2. The summed E-state index contributed by atoms with van der Waals surface area (Å²) >= 11 is 0. The first-order valence-electron chi connectivity index (χ1n) is 7.50. The first-order valence-corrected chi connectivity index (χ1v) is 7.50. The van der Waals surface area contributed by atoms with Crippen LogP contribution in [0.25, 0.3) is 10.9 Å². The second-order valence-electron chi connectivity index (χ2n) is 5.34. The van der Waals surface area contributed by atoms with E-state index in [-0.39, 0.29) is 6.04 Å². The number of benzene rings is 1. The topological polar surface area (TPSA) is 51.4 Å². The number of ether oxygens (including phenoxy) is 1. The summed E-state index contributed by atoms with van der Waals surface area (Å²) in [5.41, 5.74) is 8.32. The molecular formula is C17H25N3O. The molecule has 4 heteroatoms. The van der Waals surface area contributed by atoms with Crippen LogP contribution in [0.5, 0.6) is 0 Å². The summed E-state index contributed by atoms with van der Waals surface area (Å²) < 4.78 is 5.29. The monoisotopic (exact) mass is 287 g/mol. The number of hydrogen-bond donors (Lipinski definition) is 1. The second-order valence-corrected chi connectivity index (χ2v) is 5.34. The maximum absolute atomic E-state index is 6.06. The Morgan fingerprint density at radius 1 is 1.33 bits per heavy atom. The number of likely N-dealkylation sites (N-methyl/N-ethyl adjacent to an activating group) is 1. The van der Waals surface area contributed by atoms with E-state index in [2.05, 4.69) is 48.0 Å². The van der Waals surface area contributed by atoms with Crippen LogP contribution < -0.4 is 5.73 Å². The van der Waals surface area contributed by atoms with Gasteiger partial charge in [0.1, 0.15) is 0 Å². The molecule has 1 heterocycles.